The van der Waals surface area contributed by atoms with E-state index in [0.717, 1.165) is 71.9 Å². The van der Waals surface area contributed by atoms with Crippen molar-refractivity contribution in [1.29, 1.82) is 0 Å². The summed E-state index contributed by atoms with van der Waals surface area (Å²) in [6, 6.07) is 61.5. The van der Waals surface area contributed by atoms with E-state index >= 15 is 0 Å². The van der Waals surface area contributed by atoms with Crippen LogP contribution in [-0.2, 0) is 12.8 Å². The van der Waals surface area contributed by atoms with E-state index in [9.17, 15) is 28.8 Å². The third-order valence-electron chi connectivity index (χ3n) is 19.3. The molecule has 0 radical (unpaired) electrons. The number of nitrogen functional groups attached to an aromatic ring is 6. The van der Waals surface area contributed by atoms with Crippen LogP contribution < -0.4 is 62.8 Å². The number of unbranched alkanes of at least 4 members (excludes halogenated alkanes) is 2. The van der Waals surface area contributed by atoms with Gasteiger partial charge in [-0.15, -0.1) is 0 Å². The summed E-state index contributed by atoms with van der Waals surface area (Å²) in [5, 5.41) is 0. The fraction of sp³-hybridized carbons (Fsp3) is 0.152. The lowest BCUT2D eigenvalue weighted by Crippen LogP contribution is -2.24. The van der Waals surface area contributed by atoms with E-state index in [1.54, 1.807) is 97.1 Å². The van der Waals surface area contributed by atoms with Crippen molar-refractivity contribution >= 4 is 68.8 Å². The van der Waals surface area contributed by atoms with Crippen LogP contribution in [0.4, 0.5) is 34.1 Å². The molecule has 18 nitrogen and oxygen atoms in total. The summed E-state index contributed by atoms with van der Waals surface area (Å²) in [6.45, 7) is 16.1. The molecule has 552 valence electrons. The molecule has 0 bridgehead atoms. The molecule has 18 heteroatoms. The monoisotopic (exact) mass is 1460 g/mol. The summed E-state index contributed by atoms with van der Waals surface area (Å²) in [5.74, 6) is 1.31. The molecule has 3 aliphatic carbocycles. The zero-order valence-corrected chi connectivity index (χ0v) is 62.2. The molecule has 12 aromatic carbocycles. The normalized spacial score (nSPS) is 12.2. The Hall–Kier alpha value is -13.7. The third kappa shape index (κ3) is 14.8. The number of hydrogen-bond acceptors (Lipinski definition) is 18. The van der Waals surface area contributed by atoms with Gasteiger partial charge in [0.15, 0.2) is 69.2 Å². The maximum Gasteiger partial charge on any atom is 0.196 e. The summed E-state index contributed by atoms with van der Waals surface area (Å²) in [5.41, 5.74) is 49.8. The largest absolute Gasteiger partial charge is 0.451 e. The quantitative estimate of drug-likeness (QED) is 0.0435. The van der Waals surface area contributed by atoms with Crippen molar-refractivity contribution in [3.8, 4) is 69.0 Å². The van der Waals surface area contributed by atoms with Gasteiger partial charge in [-0.1, -0.05) is 171 Å². The van der Waals surface area contributed by atoms with Gasteiger partial charge in [-0.2, -0.15) is 0 Å². The summed E-state index contributed by atoms with van der Waals surface area (Å²) < 4.78 is 37.3. The van der Waals surface area contributed by atoms with Crippen LogP contribution in [0.5, 0.6) is 69.0 Å². The molecule has 0 heterocycles. The first kappa shape index (κ1) is 74.5. The molecule has 3 aliphatic rings. The molecule has 0 saturated carbocycles. The van der Waals surface area contributed by atoms with Crippen LogP contribution in [0.25, 0.3) is 0 Å². The van der Waals surface area contributed by atoms with Crippen LogP contribution in [0.2, 0.25) is 0 Å². The fourth-order valence-corrected chi connectivity index (χ4v) is 13.8. The summed E-state index contributed by atoms with van der Waals surface area (Å²) in [7, 11) is 0. The number of carbonyl (C=O) groups is 6. The van der Waals surface area contributed by atoms with Gasteiger partial charge >= 0.3 is 0 Å². The highest BCUT2D eigenvalue weighted by molar-refractivity contribution is 6.35. The molecule has 12 N–H and O–H groups in total. The minimum Gasteiger partial charge on any atom is -0.451 e. The van der Waals surface area contributed by atoms with Gasteiger partial charge in [0.2, 0.25) is 0 Å². The Morgan fingerprint density at radius 2 is 0.427 bits per heavy atom. The van der Waals surface area contributed by atoms with Crippen molar-refractivity contribution in [2.75, 3.05) is 34.4 Å². The Balaban J connectivity index is 0.000000145. The van der Waals surface area contributed by atoms with E-state index in [2.05, 4.69) is 13.8 Å². The van der Waals surface area contributed by atoms with Gasteiger partial charge in [0.1, 0.15) is 34.5 Å². The molecular formula is C92H82N6O12. The van der Waals surface area contributed by atoms with Crippen LogP contribution >= 0.6 is 0 Å². The van der Waals surface area contributed by atoms with Crippen molar-refractivity contribution in [2.24, 2.45) is 0 Å². The Kier molecular flexibility index (Phi) is 21.3. The van der Waals surface area contributed by atoms with Crippen molar-refractivity contribution in [3.05, 3.63) is 318 Å². The number of rotatable bonds is 18. The number of hydrogen-bond donors (Lipinski definition) is 6. The number of benzene rings is 12. The number of ether oxygens (including phenoxy) is 6. The predicted molar refractivity (Wildman–Crippen MR) is 430 cm³/mol. The van der Waals surface area contributed by atoms with Crippen LogP contribution in [0.1, 0.15) is 180 Å². The zero-order chi connectivity index (χ0) is 77.9. The molecular weight excluding hydrogens is 1380 g/mol. The first-order valence-electron chi connectivity index (χ1n) is 36.3. The number of aryl methyl sites for hydroxylation is 8. The first-order chi connectivity index (χ1) is 52.9. The lowest BCUT2D eigenvalue weighted by Gasteiger charge is -2.25. The molecule has 0 saturated heterocycles. The Morgan fingerprint density at radius 1 is 0.236 bits per heavy atom. The van der Waals surface area contributed by atoms with E-state index in [0.29, 0.717) is 34.5 Å². The Labute approximate surface area is 637 Å². The second-order valence-corrected chi connectivity index (χ2v) is 27.7. The van der Waals surface area contributed by atoms with Crippen LogP contribution in [0.15, 0.2) is 206 Å². The highest BCUT2D eigenvalue weighted by atomic mass is 16.5. The highest BCUT2D eigenvalue weighted by Gasteiger charge is 2.41. The second kappa shape index (κ2) is 31.4. The maximum atomic E-state index is 13.6. The SMILES string of the molecule is CCCCc1ccc(Oc2c(N)c3c(c(N)c2Oc2ccc(CCCC)cc2)C(=O)c2ccccc2C3=O)cc1.Cc1cc(C)cc(Oc2c(N)c3c(c(N)c2Oc2cc(C)cc(C)c2)C(=O)c2ccccc2C3=O)c1.Cc1ccc(Oc2c(N)c3c(c(N)c2Oc2ccc(C)cc2)C(=O)c2ccccc2C3=O)cc1. The standard InChI is InChI=1S/C34H34N2O4.C30H26N2O4.C28H22N2O4/c1-3-5-9-21-13-17-23(18-14-21)39-33-29(35)27-28(32(38)26-12-8-7-11-25(26)31(27)37)30(36)34(33)40-24-19-15-22(16-20-24)10-6-4-2;1-15-9-16(2)12-19(11-15)35-29-25(31)23-24(28(34)22-8-6-5-7-21(22)27(23)33)26(32)30(29)36-20-13-17(3)10-18(4)14-20;1-15-7-11-17(12-8-15)33-27-23(29)21-22(26(32)20-6-4-3-5-19(20)25(21)31)24(30)28(27)34-18-13-9-16(2)10-14-18/h7-8,11-20H,3-6,9-10,35-36H2,1-2H3;5-14H,31-32H2,1-4H3;3-14H,29-30H2,1-2H3. The number of nitrogens with two attached hydrogens (primary N) is 6. The Morgan fingerprint density at radius 3 is 0.627 bits per heavy atom. The fourth-order valence-electron chi connectivity index (χ4n) is 13.8. The molecule has 0 unspecified atom stereocenters. The summed E-state index contributed by atoms with van der Waals surface area (Å²) in [6.07, 6.45) is 6.37. The van der Waals surface area contributed by atoms with Gasteiger partial charge in [-0.05, 0) is 173 Å². The molecule has 0 spiro atoms. The van der Waals surface area contributed by atoms with Gasteiger partial charge in [-0.25, -0.2) is 0 Å². The lowest BCUT2D eigenvalue weighted by atomic mass is 9.82. The van der Waals surface area contributed by atoms with Gasteiger partial charge in [-0.3, -0.25) is 28.8 Å². The molecule has 0 amide bonds. The zero-order valence-electron chi connectivity index (χ0n) is 62.2. The molecule has 0 atom stereocenters. The van der Waals surface area contributed by atoms with Gasteiger partial charge in [0, 0.05) is 33.4 Å². The van der Waals surface area contributed by atoms with Crippen LogP contribution in [0.3, 0.4) is 0 Å². The van der Waals surface area contributed by atoms with Crippen LogP contribution in [-0.4, -0.2) is 34.7 Å². The summed E-state index contributed by atoms with van der Waals surface area (Å²) in [4.78, 5) is 81.0. The van der Waals surface area contributed by atoms with Crippen LogP contribution in [0, 0.1) is 41.5 Å². The smallest absolute Gasteiger partial charge is 0.196 e. The van der Waals surface area contributed by atoms with E-state index in [1.165, 1.54) is 11.1 Å². The minimum atomic E-state index is -0.384. The maximum absolute atomic E-state index is 13.6. The predicted octanol–water partition coefficient (Wildman–Crippen LogP) is 20.2. The molecule has 0 aromatic heterocycles. The average Bonchev–Trinajstić information content (AvgIpc) is 0.740. The summed E-state index contributed by atoms with van der Waals surface area (Å²) >= 11 is 0. The first-order valence-corrected chi connectivity index (χ1v) is 36.3. The van der Waals surface area contributed by atoms with Crippen molar-refractivity contribution in [2.45, 2.75) is 93.9 Å². The minimum absolute atomic E-state index is 0.000241. The number of carbonyl (C=O) groups excluding carboxylic acids is 6. The molecule has 0 fully saturated rings. The van der Waals surface area contributed by atoms with Gasteiger partial charge < -0.3 is 62.8 Å². The lowest BCUT2D eigenvalue weighted by molar-refractivity contribution is 0.0980. The van der Waals surface area contributed by atoms with Crippen molar-refractivity contribution in [3.63, 3.8) is 0 Å². The second-order valence-electron chi connectivity index (χ2n) is 27.7. The highest BCUT2D eigenvalue weighted by Crippen LogP contribution is 2.54. The number of fused-ring (bicyclic) bond motifs is 6. The Bertz CT molecular complexity index is 5320. The molecule has 0 aliphatic heterocycles. The van der Waals surface area contributed by atoms with E-state index in [1.807, 2.05) is 151 Å². The van der Waals surface area contributed by atoms with E-state index in [4.69, 9.17) is 62.8 Å². The molecule has 12 aromatic rings. The number of ketones is 6. The molecule has 15 rings (SSSR count). The van der Waals surface area contributed by atoms with Crippen molar-refractivity contribution in [1.82, 2.24) is 0 Å². The third-order valence-corrected chi connectivity index (χ3v) is 19.3. The average molecular weight is 1460 g/mol. The molecule has 110 heavy (non-hydrogen) atoms. The number of anilines is 6. The van der Waals surface area contributed by atoms with E-state index < -0.39 is 0 Å². The van der Waals surface area contributed by atoms with E-state index in [-0.39, 0.29) is 170 Å². The van der Waals surface area contributed by atoms with Gasteiger partial charge in [0.05, 0.1) is 67.5 Å². The van der Waals surface area contributed by atoms with Gasteiger partial charge in [0.25, 0.3) is 0 Å². The topological polar surface area (TPSA) is 314 Å². The van der Waals surface area contributed by atoms with Crippen molar-refractivity contribution < 1.29 is 57.2 Å².